The van der Waals surface area contributed by atoms with Crippen molar-refractivity contribution in [3.05, 3.63) is 83.4 Å². The second-order valence-corrected chi connectivity index (χ2v) is 8.83. The molecule has 1 N–H and O–H groups in total. The van der Waals surface area contributed by atoms with E-state index in [1.165, 1.54) is 14.0 Å². The van der Waals surface area contributed by atoms with E-state index in [2.05, 4.69) is 0 Å². The molecular weight excluding hydrogens is 448 g/mol. The molecule has 7 nitrogen and oxygen atoms in total. The molecule has 3 aromatic carbocycles. The van der Waals surface area contributed by atoms with E-state index in [1.54, 1.807) is 26.4 Å². The smallest absolute Gasteiger partial charge is 0.303 e. The van der Waals surface area contributed by atoms with Crippen LogP contribution in [0, 0.1) is 0 Å². The third kappa shape index (κ3) is 3.26. The van der Waals surface area contributed by atoms with Crippen LogP contribution in [-0.2, 0) is 20.7 Å². The van der Waals surface area contributed by atoms with Gasteiger partial charge < -0.3 is 28.8 Å². The molecule has 35 heavy (non-hydrogen) atoms. The fraction of sp³-hybridized carbons (Fsp3) is 0.321. The largest absolute Gasteiger partial charge is 0.497 e. The molecule has 1 aliphatic heterocycles. The summed E-state index contributed by atoms with van der Waals surface area (Å²) in [5.41, 5.74) is -0.957. The van der Waals surface area contributed by atoms with Crippen LogP contribution in [0.2, 0.25) is 0 Å². The van der Waals surface area contributed by atoms with Gasteiger partial charge in [-0.3, -0.25) is 4.79 Å². The predicted molar refractivity (Wildman–Crippen MR) is 128 cm³/mol. The van der Waals surface area contributed by atoms with Crippen LogP contribution in [0.3, 0.4) is 0 Å². The summed E-state index contributed by atoms with van der Waals surface area (Å²) in [6, 6.07) is 20.7. The van der Waals surface area contributed by atoms with Crippen molar-refractivity contribution in [1.82, 2.24) is 0 Å². The monoisotopic (exact) mass is 476 g/mol. The number of methoxy groups -OCH3 is 3. The first-order valence-electron chi connectivity index (χ1n) is 11.4. The Labute approximate surface area is 204 Å². The highest BCUT2D eigenvalue weighted by Crippen LogP contribution is 2.69. The Hall–Kier alpha value is -3.71. The molecule has 0 radical (unpaired) electrons. The summed E-state index contributed by atoms with van der Waals surface area (Å²) >= 11 is 0. The van der Waals surface area contributed by atoms with Crippen LogP contribution in [0.4, 0.5) is 0 Å². The van der Waals surface area contributed by atoms with Gasteiger partial charge in [-0.1, -0.05) is 42.5 Å². The zero-order valence-corrected chi connectivity index (χ0v) is 20.1. The van der Waals surface area contributed by atoms with Crippen molar-refractivity contribution >= 4 is 5.97 Å². The van der Waals surface area contributed by atoms with E-state index in [0.717, 1.165) is 11.1 Å². The van der Waals surface area contributed by atoms with Crippen LogP contribution in [0.15, 0.2) is 66.7 Å². The standard InChI is InChI=1S/C28H28O7/c1-17(29)34-25-16-22(18-8-6-5-7-9-18)28(19-10-12-20(31-2)13-11-19)27(25,30)26-23(33-4)14-21(32-3)15-24(26)35-28/h5-15,22,25,30H,16H2,1-4H3/t22-,25+,27+,28-/m0/s1. The van der Waals surface area contributed by atoms with Gasteiger partial charge in [0, 0.05) is 25.0 Å². The average Bonchev–Trinajstić information content (AvgIpc) is 3.29. The Kier molecular flexibility index (Phi) is 5.60. The normalized spacial score (nSPS) is 26.3. The zero-order valence-electron chi connectivity index (χ0n) is 20.1. The molecule has 182 valence electrons. The maximum absolute atomic E-state index is 12.8. The van der Waals surface area contributed by atoms with E-state index in [4.69, 9.17) is 23.7 Å². The Balaban J connectivity index is 1.83. The van der Waals surface area contributed by atoms with Gasteiger partial charge in [0.1, 0.15) is 29.1 Å². The molecule has 3 aromatic rings. The minimum Gasteiger partial charge on any atom is -0.497 e. The highest BCUT2D eigenvalue weighted by molar-refractivity contribution is 5.68. The Morgan fingerprint density at radius 1 is 0.943 bits per heavy atom. The quantitative estimate of drug-likeness (QED) is 0.531. The van der Waals surface area contributed by atoms with Gasteiger partial charge in [0.2, 0.25) is 0 Å². The lowest BCUT2D eigenvalue weighted by atomic mass is 9.71. The Bertz CT molecular complexity index is 1240. The van der Waals surface area contributed by atoms with E-state index >= 15 is 0 Å². The van der Waals surface area contributed by atoms with Crippen molar-refractivity contribution in [2.75, 3.05) is 21.3 Å². The van der Waals surface area contributed by atoms with Crippen molar-refractivity contribution in [3.63, 3.8) is 0 Å². The topological polar surface area (TPSA) is 83.5 Å². The second-order valence-electron chi connectivity index (χ2n) is 8.83. The number of carbonyl (C=O) groups excluding carboxylic acids is 1. The fourth-order valence-electron chi connectivity index (χ4n) is 5.73. The summed E-state index contributed by atoms with van der Waals surface area (Å²) < 4.78 is 29.1. The first-order chi connectivity index (χ1) is 16.9. The molecule has 0 aromatic heterocycles. The minimum atomic E-state index is -1.75. The lowest BCUT2D eigenvalue weighted by molar-refractivity contribution is -0.180. The van der Waals surface area contributed by atoms with Gasteiger partial charge >= 0.3 is 5.97 Å². The van der Waals surface area contributed by atoms with Gasteiger partial charge in [-0.2, -0.15) is 0 Å². The highest BCUT2D eigenvalue weighted by atomic mass is 16.6. The van der Waals surface area contributed by atoms with Gasteiger partial charge in [0.25, 0.3) is 0 Å². The number of hydrogen-bond acceptors (Lipinski definition) is 7. The first-order valence-corrected chi connectivity index (χ1v) is 11.4. The van der Waals surface area contributed by atoms with Crippen LogP contribution >= 0.6 is 0 Å². The number of esters is 1. The molecule has 0 bridgehead atoms. The summed E-state index contributed by atoms with van der Waals surface area (Å²) in [6.07, 6.45) is -0.545. The summed E-state index contributed by atoms with van der Waals surface area (Å²) in [7, 11) is 4.68. The van der Waals surface area contributed by atoms with Crippen LogP contribution in [0.25, 0.3) is 0 Å². The molecule has 0 saturated heterocycles. The van der Waals surface area contributed by atoms with E-state index < -0.39 is 23.3 Å². The van der Waals surface area contributed by atoms with Crippen molar-refractivity contribution in [2.24, 2.45) is 0 Å². The molecule has 7 heteroatoms. The minimum absolute atomic E-state index is 0.348. The number of benzene rings is 3. The van der Waals surface area contributed by atoms with Crippen molar-refractivity contribution in [2.45, 2.75) is 36.6 Å². The molecule has 1 heterocycles. The third-order valence-corrected chi connectivity index (χ3v) is 7.15. The van der Waals surface area contributed by atoms with E-state index in [1.807, 2.05) is 54.6 Å². The number of hydrogen-bond donors (Lipinski definition) is 1. The first kappa shape index (κ1) is 23.1. The number of rotatable bonds is 6. The maximum atomic E-state index is 12.8. The molecule has 0 unspecified atom stereocenters. The Morgan fingerprint density at radius 3 is 2.23 bits per heavy atom. The highest BCUT2D eigenvalue weighted by Gasteiger charge is 2.75. The van der Waals surface area contributed by atoms with Crippen molar-refractivity contribution in [3.8, 4) is 23.0 Å². The molecule has 0 amide bonds. The van der Waals surface area contributed by atoms with Gasteiger partial charge in [-0.25, -0.2) is 0 Å². The SMILES string of the molecule is COc1ccc([C@@]23Oc4cc(OC)cc(OC)c4[C@]2(O)[C@H](OC(C)=O)C[C@H]3c2ccccc2)cc1. The molecule has 5 rings (SSSR count). The maximum Gasteiger partial charge on any atom is 0.303 e. The van der Waals surface area contributed by atoms with Crippen LogP contribution < -0.4 is 18.9 Å². The van der Waals surface area contributed by atoms with E-state index in [-0.39, 0.29) is 5.92 Å². The number of ether oxygens (including phenoxy) is 5. The van der Waals surface area contributed by atoms with Crippen molar-refractivity contribution < 1.29 is 33.6 Å². The molecule has 1 fully saturated rings. The van der Waals surface area contributed by atoms with Crippen LogP contribution in [0.1, 0.15) is 36.0 Å². The van der Waals surface area contributed by atoms with Gasteiger partial charge in [0.05, 0.1) is 26.9 Å². The molecule has 2 aliphatic rings. The molecule has 1 aliphatic carbocycles. The molecule has 1 saturated carbocycles. The lowest BCUT2D eigenvalue weighted by Crippen LogP contribution is -2.52. The fourth-order valence-corrected chi connectivity index (χ4v) is 5.73. The summed E-state index contributed by atoms with van der Waals surface area (Å²) in [6.45, 7) is 1.34. The van der Waals surface area contributed by atoms with E-state index in [9.17, 15) is 9.90 Å². The average molecular weight is 477 g/mol. The lowest BCUT2D eigenvalue weighted by Gasteiger charge is -2.41. The molecular formula is C28H28O7. The van der Waals surface area contributed by atoms with Crippen LogP contribution in [-0.4, -0.2) is 38.5 Å². The van der Waals surface area contributed by atoms with E-state index in [0.29, 0.717) is 35.0 Å². The zero-order chi connectivity index (χ0) is 24.8. The number of carbonyl (C=O) groups is 1. The van der Waals surface area contributed by atoms with Gasteiger partial charge in [0.15, 0.2) is 11.2 Å². The predicted octanol–water partition coefficient (Wildman–Crippen LogP) is 4.31. The summed E-state index contributed by atoms with van der Waals surface area (Å²) in [5.74, 6) is 1.17. The van der Waals surface area contributed by atoms with Gasteiger partial charge in [-0.15, -0.1) is 0 Å². The van der Waals surface area contributed by atoms with Gasteiger partial charge in [-0.05, 0) is 29.7 Å². The molecule has 4 atom stereocenters. The van der Waals surface area contributed by atoms with Crippen LogP contribution in [0.5, 0.6) is 23.0 Å². The second kappa shape index (κ2) is 8.50. The van der Waals surface area contributed by atoms with Crippen molar-refractivity contribution in [1.29, 1.82) is 0 Å². The summed E-state index contributed by atoms with van der Waals surface area (Å²) in [5, 5.41) is 12.8. The number of fused-ring (bicyclic) bond motifs is 3. The third-order valence-electron chi connectivity index (χ3n) is 7.15. The summed E-state index contributed by atoms with van der Waals surface area (Å²) in [4.78, 5) is 12.2. The molecule has 0 spiro atoms. The Morgan fingerprint density at radius 2 is 1.63 bits per heavy atom. The number of aliphatic hydroxyl groups is 1.